The molecule has 0 heterocycles. The molecular formula is C17H22BrNO3. The zero-order valence-electron chi connectivity index (χ0n) is 12.9. The summed E-state index contributed by atoms with van der Waals surface area (Å²) in [6.45, 7) is 2.13. The van der Waals surface area contributed by atoms with E-state index in [1.165, 1.54) is 0 Å². The van der Waals surface area contributed by atoms with E-state index in [1.807, 2.05) is 24.3 Å². The largest absolute Gasteiger partial charge is 0.464 e. The molecule has 0 saturated heterocycles. The van der Waals surface area contributed by atoms with Gasteiger partial charge in [-0.3, -0.25) is 4.79 Å². The van der Waals surface area contributed by atoms with Crippen LogP contribution in [0, 0.1) is 0 Å². The van der Waals surface area contributed by atoms with Crippen LogP contribution in [-0.4, -0.2) is 24.0 Å². The first-order valence-corrected chi connectivity index (χ1v) is 8.58. The Kier molecular flexibility index (Phi) is 6.00. The molecule has 4 nitrogen and oxygen atoms in total. The summed E-state index contributed by atoms with van der Waals surface area (Å²) in [6, 6.07) is 7.86. The summed E-state index contributed by atoms with van der Waals surface area (Å²) in [4.78, 5) is 24.5. The van der Waals surface area contributed by atoms with Crippen LogP contribution in [0.1, 0.15) is 44.6 Å². The van der Waals surface area contributed by atoms with Gasteiger partial charge >= 0.3 is 5.97 Å². The van der Waals surface area contributed by atoms with Gasteiger partial charge in [-0.25, -0.2) is 4.79 Å². The number of esters is 1. The van der Waals surface area contributed by atoms with Gasteiger partial charge in [-0.2, -0.15) is 0 Å². The topological polar surface area (TPSA) is 55.4 Å². The quantitative estimate of drug-likeness (QED) is 0.784. The maximum absolute atomic E-state index is 12.3. The van der Waals surface area contributed by atoms with Gasteiger partial charge < -0.3 is 10.1 Å². The molecule has 120 valence electrons. The smallest absolute Gasteiger partial charge is 0.331 e. The van der Waals surface area contributed by atoms with Crippen LogP contribution in [0.3, 0.4) is 0 Å². The Morgan fingerprint density at radius 2 is 1.95 bits per heavy atom. The second kappa shape index (κ2) is 7.77. The monoisotopic (exact) mass is 367 g/mol. The molecule has 0 bridgehead atoms. The van der Waals surface area contributed by atoms with Crippen LogP contribution in [0.2, 0.25) is 0 Å². The third kappa shape index (κ3) is 4.09. The Morgan fingerprint density at radius 3 is 2.59 bits per heavy atom. The standard InChI is InChI=1S/C17H22BrNO3/c1-2-22-16(21)17(11-5-6-12-17)19-15(20)10-9-13-7-3-4-8-14(13)18/h3-4,7-8H,2,5-6,9-12H2,1H3,(H,19,20). The van der Waals surface area contributed by atoms with Crippen LogP contribution in [0.5, 0.6) is 0 Å². The first-order chi connectivity index (χ1) is 10.6. The van der Waals surface area contributed by atoms with E-state index in [0.29, 0.717) is 32.3 Å². The molecule has 0 aliphatic heterocycles. The molecular weight excluding hydrogens is 346 g/mol. The first-order valence-electron chi connectivity index (χ1n) is 7.79. The number of rotatable bonds is 6. The molecule has 1 aliphatic rings. The lowest BCUT2D eigenvalue weighted by Gasteiger charge is -2.27. The molecule has 5 heteroatoms. The van der Waals surface area contributed by atoms with Crippen molar-refractivity contribution in [2.45, 2.75) is 51.0 Å². The summed E-state index contributed by atoms with van der Waals surface area (Å²) in [5, 5.41) is 2.94. The fraction of sp³-hybridized carbons (Fsp3) is 0.529. The van der Waals surface area contributed by atoms with E-state index in [1.54, 1.807) is 6.92 Å². The predicted octanol–water partition coefficient (Wildman–Crippen LogP) is 3.37. The summed E-state index contributed by atoms with van der Waals surface area (Å²) >= 11 is 3.48. The van der Waals surface area contributed by atoms with Crippen molar-refractivity contribution < 1.29 is 14.3 Å². The molecule has 0 radical (unpaired) electrons. The lowest BCUT2D eigenvalue weighted by molar-refractivity contribution is -0.153. The molecule has 0 unspecified atom stereocenters. The molecule has 1 aromatic carbocycles. The number of hydrogen-bond donors (Lipinski definition) is 1. The number of carbonyl (C=O) groups is 2. The molecule has 0 aromatic heterocycles. The fourth-order valence-corrected chi connectivity index (χ4v) is 3.39. The van der Waals surface area contributed by atoms with Gasteiger partial charge in [0.25, 0.3) is 0 Å². The lowest BCUT2D eigenvalue weighted by atomic mass is 9.97. The van der Waals surface area contributed by atoms with Crippen molar-refractivity contribution in [1.29, 1.82) is 0 Å². The van der Waals surface area contributed by atoms with Gasteiger partial charge in [0.15, 0.2) is 0 Å². The Bertz CT molecular complexity index is 538. The molecule has 22 heavy (non-hydrogen) atoms. The first kappa shape index (κ1) is 17.0. The van der Waals surface area contributed by atoms with Crippen molar-refractivity contribution in [3.8, 4) is 0 Å². The van der Waals surface area contributed by atoms with Crippen LogP contribution in [0.15, 0.2) is 28.7 Å². The van der Waals surface area contributed by atoms with E-state index >= 15 is 0 Å². The van der Waals surface area contributed by atoms with Gasteiger partial charge in [0.2, 0.25) is 5.91 Å². The summed E-state index contributed by atoms with van der Waals surface area (Å²) in [6.07, 6.45) is 4.25. The average molecular weight is 368 g/mol. The zero-order chi connectivity index (χ0) is 16.0. The van der Waals surface area contributed by atoms with Gasteiger partial charge in [-0.15, -0.1) is 0 Å². The number of benzene rings is 1. The van der Waals surface area contributed by atoms with Gasteiger partial charge in [0, 0.05) is 10.9 Å². The van der Waals surface area contributed by atoms with Crippen molar-refractivity contribution >= 4 is 27.8 Å². The van der Waals surface area contributed by atoms with Crippen molar-refractivity contribution in [1.82, 2.24) is 5.32 Å². The van der Waals surface area contributed by atoms with Crippen molar-refractivity contribution in [3.63, 3.8) is 0 Å². The van der Waals surface area contributed by atoms with E-state index in [4.69, 9.17) is 4.74 Å². The fourth-order valence-electron chi connectivity index (χ4n) is 2.91. The summed E-state index contributed by atoms with van der Waals surface area (Å²) < 4.78 is 6.15. The third-order valence-electron chi connectivity index (χ3n) is 4.08. The van der Waals surface area contributed by atoms with Crippen LogP contribution in [0.25, 0.3) is 0 Å². The second-order valence-electron chi connectivity index (χ2n) is 5.65. The summed E-state index contributed by atoms with van der Waals surface area (Å²) in [5.74, 6) is -0.382. The van der Waals surface area contributed by atoms with Crippen LogP contribution in [0.4, 0.5) is 0 Å². The van der Waals surface area contributed by atoms with Crippen LogP contribution in [-0.2, 0) is 20.7 Å². The lowest BCUT2D eigenvalue weighted by Crippen LogP contribution is -2.53. The van der Waals surface area contributed by atoms with E-state index < -0.39 is 5.54 Å². The van der Waals surface area contributed by atoms with Gasteiger partial charge in [-0.05, 0) is 37.8 Å². The van der Waals surface area contributed by atoms with Crippen LogP contribution < -0.4 is 5.32 Å². The van der Waals surface area contributed by atoms with Crippen molar-refractivity contribution in [2.24, 2.45) is 0 Å². The number of hydrogen-bond acceptors (Lipinski definition) is 3. The van der Waals surface area contributed by atoms with Crippen molar-refractivity contribution in [2.75, 3.05) is 6.61 Å². The summed E-state index contributed by atoms with van der Waals surface area (Å²) in [5.41, 5.74) is 0.287. The maximum Gasteiger partial charge on any atom is 0.331 e. The number of ether oxygens (including phenoxy) is 1. The second-order valence-corrected chi connectivity index (χ2v) is 6.50. The Balaban J connectivity index is 1.94. The third-order valence-corrected chi connectivity index (χ3v) is 4.85. The zero-order valence-corrected chi connectivity index (χ0v) is 14.4. The number of amides is 1. The average Bonchev–Trinajstić information content (AvgIpc) is 2.96. The minimum Gasteiger partial charge on any atom is -0.464 e. The van der Waals surface area contributed by atoms with Gasteiger partial charge in [-0.1, -0.05) is 47.0 Å². The van der Waals surface area contributed by atoms with Gasteiger partial charge in [0.05, 0.1) is 6.61 Å². The normalized spacial score (nSPS) is 16.3. The Labute approximate surface area is 139 Å². The highest BCUT2D eigenvalue weighted by molar-refractivity contribution is 9.10. The van der Waals surface area contributed by atoms with Crippen LogP contribution >= 0.6 is 15.9 Å². The van der Waals surface area contributed by atoms with E-state index in [-0.39, 0.29) is 11.9 Å². The highest BCUT2D eigenvalue weighted by Gasteiger charge is 2.43. The van der Waals surface area contributed by atoms with Crippen molar-refractivity contribution in [3.05, 3.63) is 34.3 Å². The molecule has 1 aromatic rings. The molecule has 0 spiro atoms. The predicted molar refractivity (Wildman–Crippen MR) is 88.4 cm³/mol. The van der Waals surface area contributed by atoms with Gasteiger partial charge in [0.1, 0.15) is 5.54 Å². The molecule has 1 fully saturated rings. The molecule has 1 saturated carbocycles. The molecule has 2 rings (SSSR count). The number of nitrogens with one attached hydrogen (secondary N) is 1. The molecule has 1 amide bonds. The SMILES string of the molecule is CCOC(=O)C1(NC(=O)CCc2ccccc2Br)CCCC1. The highest BCUT2D eigenvalue weighted by atomic mass is 79.9. The van der Waals surface area contributed by atoms with E-state index in [9.17, 15) is 9.59 Å². The Hall–Kier alpha value is -1.36. The number of aryl methyl sites for hydroxylation is 1. The number of halogens is 1. The minimum absolute atomic E-state index is 0.0919. The summed E-state index contributed by atoms with van der Waals surface area (Å²) in [7, 11) is 0. The molecule has 1 aliphatic carbocycles. The maximum atomic E-state index is 12.3. The van der Waals surface area contributed by atoms with E-state index in [0.717, 1.165) is 22.9 Å². The Morgan fingerprint density at radius 1 is 1.27 bits per heavy atom. The molecule has 1 N–H and O–H groups in total. The molecule has 0 atom stereocenters. The minimum atomic E-state index is -0.805. The number of carbonyl (C=O) groups excluding carboxylic acids is 2. The van der Waals surface area contributed by atoms with E-state index in [2.05, 4.69) is 21.2 Å². The highest BCUT2D eigenvalue weighted by Crippen LogP contribution is 2.31.